The van der Waals surface area contributed by atoms with Crippen LogP contribution in [0.25, 0.3) is 60.9 Å². The Bertz CT molecular complexity index is 3530. The minimum Gasteiger partial charge on any atom is -0.311 e. The number of fused-ring (bicyclic) bond motifs is 3. The Balaban J connectivity index is 1.03. The van der Waals surface area contributed by atoms with Crippen LogP contribution in [-0.2, 0) is 0 Å². The highest BCUT2D eigenvalue weighted by Crippen LogP contribution is 2.40. The summed E-state index contributed by atoms with van der Waals surface area (Å²) in [6.45, 7) is 0. The SMILES string of the molecule is c1ccc(-c2ccc(N(c3ccc(-c4cc(-n5c6ccccc6c6ccccc65)ccc4-c4ccccc4)cc3)c3cccc([Si](c4ccccc4)(c4ccccc4)c4ccccc4)c3)cc2)cc1. The molecule has 0 aliphatic carbocycles. The van der Waals surface area contributed by atoms with E-state index in [0.717, 1.165) is 28.3 Å². The van der Waals surface area contributed by atoms with Gasteiger partial charge in [-0.2, -0.15) is 0 Å². The van der Waals surface area contributed by atoms with Crippen LogP contribution in [-0.4, -0.2) is 12.6 Å². The molecule has 0 amide bonds. The van der Waals surface area contributed by atoms with Crippen LogP contribution < -0.4 is 25.6 Å². The Morgan fingerprint density at radius 2 is 0.667 bits per heavy atom. The van der Waals surface area contributed by atoms with Crippen LogP contribution in [0.2, 0.25) is 0 Å². The minimum atomic E-state index is -2.82. The molecule has 0 atom stereocenters. The fraction of sp³-hybridized carbons (Fsp3) is 0. The molecule has 0 unspecified atom stereocenters. The number of para-hydroxylation sites is 2. The molecule has 0 bridgehead atoms. The van der Waals surface area contributed by atoms with Crippen LogP contribution in [0, 0.1) is 0 Å². The van der Waals surface area contributed by atoms with Gasteiger partial charge in [0.1, 0.15) is 0 Å². The molecular weight excluding hydrogens is 849 g/mol. The van der Waals surface area contributed by atoms with Gasteiger partial charge in [-0.05, 0) is 115 Å². The number of anilines is 3. The van der Waals surface area contributed by atoms with Gasteiger partial charge >= 0.3 is 0 Å². The van der Waals surface area contributed by atoms with Crippen molar-refractivity contribution in [3.05, 3.63) is 291 Å². The molecule has 1 aromatic heterocycles. The maximum absolute atomic E-state index is 2.82. The van der Waals surface area contributed by atoms with Gasteiger partial charge in [-0.3, -0.25) is 0 Å². The highest BCUT2D eigenvalue weighted by Gasteiger charge is 2.41. The normalized spacial score (nSPS) is 11.5. The molecule has 3 heteroatoms. The zero-order valence-corrected chi connectivity index (χ0v) is 39.1. The van der Waals surface area contributed by atoms with Crippen LogP contribution in [0.15, 0.2) is 291 Å². The van der Waals surface area contributed by atoms with Crippen molar-refractivity contribution in [3.8, 4) is 39.1 Å². The zero-order valence-electron chi connectivity index (χ0n) is 38.1. The van der Waals surface area contributed by atoms with E-state index in [1.165, 1.54) is 70.4 Å². The van der Waals surface area contributed by atoms with E-state index in [9.17, 15) is 0 Å². The summed E-state index contributed by atoms with van der Waals surface area (Å²) < 4.78 is 2.41. The Labute approximate surface area is 405 Å². The molecule has 0 radical (unpaired) electrons. The highest BCUT2D eigenvalue weighted by molar-refractivity contribution is 7.19. The maximum atomic E-state index is 2.46. The summed E-state index contributed by atoms with van der Waals surface area (Å²) in [6.07, 6.45) is 0. The number of aromatic nitrogens is 1. The molecule has 0 N–H and O–H groups in total. The number of rotatable bonds is 11. The first-order chi connectivity index (χ1) is 34.2. The molecule has 0 spiro atoms. The summed E-state index contributed by atoms with van der Waals surface area (Å²) in [5.74, 6) is 0. The molecule has 69 heavy (non-hydrogen) atoms. The minimum absolute atomic E-state index is 1.08. The third kappa shape index (κ3) is 7.56. The fourth-order valence-corrected chi connectivity index (χ4v) is 15.4. The first-order valence-corrected chi connectivity index (χ1v) is 25.8. The van der Waals surface area contributed by atoms with Crippen molar-refractivity contribution in [2.24, 2.45) is 0 Å². The van der Waals surface area contributed by atoms with Gasteiger partial charge in [0.05, 0.1) is 11.0 Å². The van der Waals surface area contributed by atoms with Crippen LogP contribution in [0.4, 0.5) is 17.1 Å². The first kappa shape index (κ1) is 41.7. The summed E-state index contributed by atoms with van der Waals surface area (Å²) in [5, 5.41) is 7.87. The Morgan fingerprint density at radius 1 is 0.261 bits per heavy atom. The molecule has 0 aliphatic rings. The van der Waals surface area contributed by atoms with Crippen molar-refractivity contribution in [1.29, 1.82) is 0 Å². The van der Waals surface area contributed by atoms with Gasteiger partial charge < -0.3 is 9.47 Å². The molecule has 2 nitrogen and oxygen atoms in total. The largest absolute Gasteiger partial charge is 0.311 e. The van der Waals surface area contributed by atoms with Crippen molar-refractivity contribution in [3.63, 3.8) is 0 Å². The van der Waals surface area contributed by atoms with Gasteiger partial charge in [0.25, 0.3) is 0 Å². The predicted octanol–water partition coefficient (Wildman–Crippen LogP) is 14.6. The Kier molecular flexibility index (Phi) is 11.0. The highest BCUT2D eigenvalue weighted by atomic mass is 28.3. The van der Waals surface area contributed by atoms with E-state index >= 15 is 0 Å². The first-order valence-electron chi connectivity index (χ1n) is 23.8. The topological polar surface area (TPSA) is 8.17 Å². The van der Waals surface area contributed by atoms with Crippen molar-refractivity contribution in [1.82, 2.24) is 4.57 Å². The third-order valence-electron chi connectivity index (χ3n) is 13.8. The number of nitrogens with zero attached hydrogens (tertiary/aromatic N) is 2. The Morgan fingerprint density at radius 3 is 1.19 bits per heavy atom. The van der Waals surface area contributed by atoms with E-state index in [2.05, 4.69) is 301 Å². The lowest BCUT2D eigenvalue weighted by Crippen LogP contribution is -2.74. The second-order valence-electron chi connectivity index (χ2n) is 17.7. The lowest BCUT2D eigenvalue weighted by molar-refractivity contribution is 1.18. The van der Waals surface area contributed by atoms with E-state index in [0.29, 0.717) is 0 Å². The average Bonchev–Trinajstić information content (AvgIpc) is 3.77. The molecule has 326 valence electrons. The van der Waals surface area contributed by atoms with Crippen LogP contribution in [0.5, 0.6) is 0 Å². The molecular formula is C66H48N2Si. The molecule has 0 fully saturated rings. The zero-order chi connectivity index (χ0) is 46.0. The van der Waals surface area contributed by atoms with Crippen molar-refractivity contribution >= 4 is 67.7 Å². The van der Waals surface area contributed by atoms with E-state index in [1.807, 2.05) is 0 Å². The van der Waals surface area contributed by atoms with Crippen molar-refractivity contribution in [2.45, 2.75) is 0 Å². The van der Waals surface area contributed by atoms with E-state index < -0.39 is 8.07 Å². The van der Waals surface area contributed by atoms with E-state index in [-0.39, 0.29) is 0 Å². The molecule has 0 saturated carbocycles. The van der Waals surface area contributed by atoms with Crippen LogP contribution >= 0.6 is 0 Å². The molecule has 0 saturated heterocycles. The van der Waals surface area contributed by atoms with Gasteiger partial charge in [0, 0.05) is 33.5 Å². The lowest BCUT2D eigenvalue weighted by atomic mass is 9.93. The summed E-state index contributed by atoms with van der Waals surface area (Å²) >= 11 is 0. The number of benzene rings is 11. The summed E-state index contributed by atoms with van der Waals surface area (Å²) in [6, 6.07) is 107. The van der Waals surface area contributed by atoms with Crippen LogP contribution in [0.1, 0.15) is 0 Å². The smallest absolute Gasteiger partial charge is 0.179 e. The third-order valence-corrected chi connectivity index (χ3v) is 18.5. The average molecular weight is 897 g/mol. The fourth-order valence-electron chi connectivity index (χ4n) is 10.6. The second kappa shape index (κ2) is 18.1. The van der Waals surface area contributed by atoms with Gasteiger partial charge in [-0.1, -0.05) is 231 Å². The number of hydrogen-bond donors (Lipinski definition) is 0. The van der Waals surface area contributed by atoms with Gasteiger partial charge in [0.2, 0.25) is 0 Å². The summed E-state index contributed by atoms with van der Waals surface area (Å²) in [4.78, 5) is 2.43. The Hall–Kier alpha value is -8.76. The standard InChI is InChI=1S/C66H48N2Si/c1-6-21-49(22-7-1)50-37-41-53(42-38-50)67(55-25-20-32-60(47-55)69(57-26-10-3-11-27-57,58-28-12-4-13-29-58)59-30-14-5-15-31-59)54-43-39-52(40-44-54)64-48-56(45-46-61(64)51-23-8-2-9-24-51)68-65-35-18-16-33-62(65)63-34-17-19-36-66(63)68/h1-48H. The monoisotopic (exact) mass is 896 g/mol. The van der Waals surface area contributed by atoms with Crippen molar-refractivity contribution < 1.29 is 0 Å². The molecule has 12 rings (SSSR count). The van der Waals surface area contributed by atoms with Gasteiger partial charge in [0.15, 0.2) is 8.07 Å². The number of hydrogen-bond acceptors (Lipinski definition) is 1. The lowest BCUT2D eigenvalue weighted by Gasteiger charge is -2.35. The van der Waals surface area contributed by atoms with E-state index in [1.54, 1.807) is 0 Å². The second-order valence-corrected chi connectivity index (χ2v) is 21.5. The molecule has 12 aromatic rings. The van der Waals surface area contributed by atoms with Crippen LogP contribution in [0.3, 0.4) is 0 Å². The van der Waals surface area contributed by atoms with Crippen molar-refractivity contribution in [2.75, 3.05) is 4.90 Å². The predicted molar refractivity (Wildman–Crippen MR) is 295 cm³/mol. The molecule has 11 aromatic carbocycles. The van der Waals surface area contributed by atoms with Gasteiger partial charge in [-0.25, -0.2) is 0 Å². The maximum Gasteiger partial charge on any atom is 0.179 e. The van der Waals surface area contributed by atoms with Gasteiger partial charge in [-0.15, -0.1) is 0 Å². The quantitative estimate of drug-likeness (QED) is 0.0928. The molecule has 0 aliphatic heterocycles. The van der Waals surface area contributed by atoms with E-state index in [4.69, 9.17) is 0 Å². The summed E-state index contributed by atoms with van der Waals surface area (Å²) in [7, 11) is -2.82. The summed E-state index contributed by atoms with van der Waals surface area (Å²) in [5.41, 5.74) is 13.9. The molecule has 1 heterocycles.